The van der Waals surface area contributed by atoms with Crippen LogP contribution in [0.3, 0.4) is 0 Å². The summed E-state index contributed by atoms with van der Waals surface area (Å²) in [6.07, 6.45) is 5.20. The Bertz CT molecular complexity index is 619. The number of rotatable bonds is 2. The quantitative estimate of drug-likeness (QED) is 0.915. The molecule has 2 aromatic rings. The molecule has 1 unspecified atom stereocenters. The first-order valence-corrected chi connectivity index (χ1v) is 8.62. The van der Waals surface area contributed by atoms with Gasteiger partial charge in [0, 0.05) is 25.2 Å². The van der Waals surface area contributed by atoms with Gasteiger partial charge in [0.25, 0.3) is 0 Å². The molecular formula is C15H21N5S. The zero-order valence-corrected chi connectivity index (χ0v) is 12.9. The summed E-state index contributed by atoms with van der Waals surface area (Å²) in [4.78, 5) is 15.0. The van der Waals surface area contributed by atoms with Crippen LogP contribution in [0.25, 0.3) is 10.2 Å². The molecule has 0 radical (unpaired) electrons. The van der Waals surface area contributed by atoms with E-state index in [9.17, 15) is 0 Å². The summed E-state index contributed by atoms with van der Waals surface area (Å²) in [6, 6.07) is 3.20. The minimum Gasteiger partial charge on any atom is -0.354 e. The third-order valence-corrected chi connectivity index (χ3v) is 5.61. The Balaban J connectivity index is 1.50. The molecule has 5 nitrogen and oxygen atoms in total. The minimum absolute atomic E-state index is 0.408. The molecule has 6 heteroatoms. The van der Waals surface area contributed by atoms with E-state index in [2.05, 4.69) is 31.2 Å². The maximum absolute atomic E-state index is 6.01. The van der Waals surface area contributed by atoms with Gasteiger partial charge in [0.05, 0.1) is 5.39 Å². The second-order valence-corrected chi connectivity index (χ2v) is 6.99. The molecule has 112 valence electrons. The zero-order valence-electron chi connectivity index (χ0n) is 12.1. The first-order valence-electron chi connectivity index (χ1n) is 7.74. The van der Waals surface area contributed by atoms with E-state index in [1.807, 2.05) is 0 Å². The number of hydrogen-bond donors (Lipinski definition) is 1. The van der Waals surface area contributed by atoms with E-state index >= 15 is 0 Å². The van der Waals surface area contributed by atoms with Gasteiger partial charge < -0.3 is 10.6 Å². The van der Waals surface area contributed by atoms with Crippen molar-refractivity contribution in [3.8, 4) is 0 Å². The normalized spacial score (nSPS) is 25.0. The van der Waals surface area contributed by atoms with E-state index in [4.69, 9.17) is 5.73 Å². The van der Waals surface area contributed by atoms with Crippen LogP contribution in [-0.2, 0) is 0 Å². The van der Waals surface area contributed by atoms with Gasteiger partial charge in [-0.15, -0.1) is 11.3 Å². The summed E-state index contributed by atoms with van der Waals surface area (Å²) >= 11 is 1.69. The van der Waals surface area contributed by atoms with Crippen molar-refractivity contribution in [3.05, 3.63) is 17.8 Å². The van der Waals surface area contributed by atoms with Crippen molar-refractivity contribution >= 4 is 27.4 Å². The highest BCUT2D eigenvalue weighted by Gasteiger charge is 2.31. The van der Waals surface area contributed by atoms with Crippen LogP contribution in [0.4, 0.5) is 5.82 Å². The van der Waals surface area contributed by atoms with Gasteiger partial charge in [0.15, 0.2) is 0 Å². The third-order valence-electron chi connectivity index (χ3n) is 4.79. The van der Waals surface area contributed by atoms with Gasteiger partial charge in [0.2, 0.25) is 0 Å². The van der Waals surface area contributed by atoms with Crippen LogP contribution < -0.4 is 10.6 Å². The standard InChI is InChI=1S/C15H21N5S/c16-11-1-5-19(6-2-11)12-3-7-20(9-12)14-13-4-8-21-15(13)18-10-17-14/h4,8,10-12H,1-3,5-7,9,16H2. The van der Waals surface area contributed by atoms with Crippen molar-refractivity contribution in [3.63, 3.8) is 0 Å². The molecule has 2 N–H and O–H groups in total. The maximum atomic E-state index is 6.01. The van der Waals surface area contributed by atoms with E-state index in [-0.39, 0.29) is 0 Å². The van der Waals surface area contributed by atoms with E-state index in [0.717, 1.165) is 49.7 Å². The second kappa shape index (κ2) is 5.51. The molecule has 0 amide bonds. The van der Waals surface area contributed by atoms with Crippen molar-refractivity contribution < 1.29 is 0 Å². The van der Waals surface area contributed by atoms with Crippen LogP contribution in [0.2, 0.25) is 0 Å². The van der Waals surface area contributed by atoms with Crippen LogP contribution in [0, 0.1) is 0 Å². The molecule has 1 atom stereocenters. The average Bonchev–Trinajstić information content (AvgIpc) is 3.16. The highest BCUT2D eigenvalue weighted by Crippen LogP contribution is 2.30. The predicted octanol–water partition coefficient (Wildman–Crippen LogP) is 1.69. The smallest absolute Gasteiger partial charge is 0.140 e. The molecular weight excluding hydrogens is 282 g/mol. The molecule has 4 rings (SSSR count). The fourth-order valence-electron chi connectivity index (χ4n) is 3.55. The molecule has 0 spiro atoms. The highest BCUT2D eigenvalue weighted by molar-refractivity contribution is 7.16. The Morgan fingerprint density at radius 2 is 2.00 bits per heavy atom. The van der Waals surface area contributed by atoms with Gasteiger partial charge in [-0.05, 0) is 43.8 Å². The number of hydrogen-bond acceptors (Lipinski definition) is 6. The number of likely N-dealkylation sites (tertiary alicyclic amines) is 1. The van der Waals surface area contributed by atoms with E-state index in [1.165, 1.54) is 11.8 Å². The number of aromatic nitrogens is 2. The molecule has 2 saturated heterocycles. The van der Waals surface area contributed by atoms with Crippen LogP contribution in [0.5, 0.6) is 0 Å². The fourth-order valence-corrected chi connectivity index (χ4v) is 4.27. The average molecular weight is 303 g/mol. The Morgan fingerprint density at radius 3 is 2.86 bits per heavy atom. The van der Waals surface area contributed by atoms with Gasteiger partial charge in [-0.25, -0.2) is 9.97 Å². The lowest BCUT2D eigenvalue weighted by Gasteiger charge is -2.34. The monoisotopic (exact) mass is 303 g/mol. The van der Waals surface area contributed by atoms with Gasteiger partial charge in [-0.2, -0.15) is 0 Å². The topological polar surface area (TPSA) is 58.3 Å². The largest absolute Gasteiger partial charge is 0.354 e. The van der Waals surface area contributed by atoms with Crippen LogP contribution >= 0.6 is 11.3 Å². The summed E-state index contributed by atoms with van der Waals surface area (Å²) in [7, 11) is 0. The number of nitrogens with zero attached hydrogens (tertiary/aromatic N) is 4. The van der Waals surface area contributed by atoms with Gasteiger partial charge >= 0.3 is 0 Å². The van der Waals surface area contributed by atoms with Crippen LogP contribution in [-0.4, -0.2) is 53.1 Å². The number of fused-ring (bicyclic) bond motifs is 1. The fraction of sp³-hybridized carbons (Fsp3) is 0.600. The summed E-state index contributed by atoms with van der Waals surface area (Å²) in [5, 5.41) is 3.30. The third kappa shape index (κ3) is 2.52. The van der Waals surface area contributed by atoms with E-state index in [0.29, 0.717) is 12.1 Å². The van der Waals surface area contributed by atoms with Crippen molar-refractivity contribution in [2.45, 2.75) is 31.3 Å². The van der Waals surface area contributed by atoms with Crippen molar-refractivity contribution in [1.29, 1.82) is 0 Å². The summed E-state index contributed by atoms with van der Waals surface area (Å²) in [6.45, 7) is 4.47. The first kappa shape index (κ1) is 13.4. The molecule has 2 aromatic heterocycles. The van der Waals surface area contributed by atoms with E-state index < -0.39 is 0 Å². The molecule has 21 heavy (non-hydrogen) atoms. The lowest BCUT2D eigenvalue weighted by atomic mass is 10.0. The second-order valence-electron chi connectivity index (χ2n) is 6.10. The van der Waals surface area contributed by atoms with Crippen LogP contribution in [0.15, 0.2) is 17.8 Å². The Labute approximate surface area is 128 Å². The zero-order chi connectivity index (χ0) is 14.2. The molecule has 0 aromatic carbocycles. The van der Waals surface area contributed by atoms with Crippen molar-refractivity contribution in [2.24, 2.45) is 5.73 Å². The molecule has 2 aliphatic heterocycles. The Morgan fingerprint density at radius 1 is 1.14 bits per heavy atom. The minimum atomic E-state index is 0.408. The number of piperidine rings is 1. The van der Waals surface area contributed by atoms with Crippen LogP contribution in [0.1, 0.15) is 19.3 Å². The number of nitrogens with two attached hydrogens (primary N) is 1. The summed E-state index contributed by atoms with van der Waals surface area (Å²) in [5.41, 5.74) is 6.01. The molecule has 2 aliphatic rings. The first-order chi connectivity index (χ1) is 10.3. The van der Waals surface area contributed by atoms with Gasteiger partial charge in [-0.1, -0.05) is 0 Å². The van der Waals surface area contributed by atoms with Crippen molar-refractivity contribution in [1.82, 2.24) is 14.9 Å². The lowest BCUT2D eigenvalue weighted by molar-refractivity contribution is 0.163. The highest BCUT2D eigenvalue weighted by atomic mass is 32.1. The SMILES string of the molecule is NC1CCN(C2CCN(c3ncnc4sccc34)C2)CC1. The Hall–Kier alpha value is -1.24. The molecule has 4 heterocycles. The van der Waals surface area contributed by atoms with Gasteiger partial charge in [-0.3, -0.25) is 4.90 Å². The molecule has 2 fully saturated rings. The van der Waals surface area contributed by atoms with E-state index in [1.54, 1.807) is 17.7 Å². The molecule has 0 bridgehead atoms. The molecule has 0 aliphatic carbocycles. The Kier molecular flexibility index (Phi) is 3.52. The maximum Gasteiger partial charge on any atom is 0.140 e. The summed E-state index contributed by atoms with van der Waals surface area (Å²) < 4.78 is 0. The van der Waals surface area contributed by atoms with Crippen molar-refractivity contribution in [2.75, 3.05) is 31.1 Å². The predicted molar refractivity (Wildman–Crippen MR) is 86.8 cm³/mol. The lowest BCUT2D eigenvalue weighted by Crippen LogP contribution is -2.46. The molecule has 0 saturated carbocycles. The number of anilines is 1. The summed E-state index contributed by atoms with van der Waals surface area (Å²) in [5.74, 6) is 1.11. The van der Waals surface area contributed by atoms with Gasteiger partial charge in [0.1, 0.15) is 17.0 Å². The number of thiophene rings is 1.